The molecule has 0 spiro atoms. The van der Waals surface area contributed by atoms with E-state index in [1.54, 1.807) is 12.1 Å². The largest absolute Gasteiger partial charge is 0.495 e. The summed E-state index contributed by atoms with van der Waals surface area (Å²) >= 11 is 0.726. The van der Waals surface area contributed by atoms with Crippen molar-refractivity contribution in [2.24, 2.45) is 0 Å². The van der Waals surface area contributed by atoms with Gasteiger partial charge in [-0.2, -0.15) is 4.39 Å². The molecule has 0 aliphatic carbocycles. The van der Waals surface area contributed by atoms with Gasteiger partial charge in [-0.1, -0.05) is 17.8 Å². The molecule has 2 nitrogen and oxygen atoms in total. The van der Waals surface area contributed by atoms with Gasteiger partial charge in [-0.15, -0.1) is 0 Å². The lowest BCUT2D eigenvalue weighted by Gasteiger charge is -2.22. The predicted molar refractivity (Wildman–Crippen MR) is 63.5 cm³/mol. The third-order valence-electron chi connectivity index (χ3n) is 2.76. The van der Waals surface area contributed by atoms with Crippen molar-refractivity contribution in [2.75, 3.05) is 7.11 Å². The van der Waals surface area contributed by atoms with Crippen molar-refractivity contribution in [3.63, 3.8) is 0 Å². The zero-order valence-corrected chi connectivity index (χ0v) is 10.8. The Morgan fingerprint density at radius 2 is 1.65 bits per heavy atom. The first-order chi connectivity index (χ1) is 9.54. The molecule has 0 atom stereocenters. The number of ether oxygens (including phenoxy) is 2. The van der Waals surface area contributed by atoms with Crippen LogP contribution in [0.5, 0.6) is 17.2 Å². The molecule has 0 amide bonds. The Morgan fingerprint density at radius 3 is 2.35 bits per heavy atom. The van der Waals surface area contributed by atoms with Crippen molar-refractivity contribution in [1.82, 2.24) is 0 Å². The second-order valence-corrected chi connectivity index (χ2v) is 4.93. The summed E-state index contributed by atoms with van der Waals surface area (Å²) in [6.07, 6.45) is 0. The Labute approximate surface area is 115 Å². The van der Waals surface area contributed by atoms with Crippen LogP contribution in [0.15, 0.2) is 28.0 Å². The summed E-state index contributed by atoms with van der Waals surface area (Å²) in [6.45, 7) is 0. The zero-order valence-electron chi connectivity index (χ0n) is 9.97. The first-order valence-electron chi connectivity index (χ1n) is 5.43. The molecule has 0 saturated carbocycles. The van der Waals surface area contributed by atoms with E-state index < -0.39 is 33.9 Å². The van der Waals surface area contributed by atoms with E-state index in [0.717, 1.165) is 11.8 Å². The van der Waals surface area contributed by atoms with Crippen molar-refractivity contribution in [3.05, 3.63) is 41.5 Å². The van der Waals surface area contributed by atoms with Gasteiger partial charge in [0.25, 0.3) is 0 Å². The zero-order chi connectivity index (χ0) is 14.4. The first-order valence-corrected chi connectivity index (χ1v) is 6.25. The molecule has 0 bridgehead atoms. The van der Waals surface area contributed by atoms with Crippen molar-refractivity contribution in [2.45, 2.75) is 9.79 Å². The highest BCUT2D eigenvalue weighted by Crippen LogP contribution is 2.53. The topological polar surface area (TPSA) is 18.5 Å². The first kappa shape index (κ1) is 13.1. The Balaban J connectivity index is 2.23. The van der Waals surface area contributed by atoms with Gasteiger partial charge in [-0.25, -0.2) is 13.2 Å². The summed E-state index contributed by atoms with van der Waals surface area (Å²) in [6, 6.07) is 4.66. The van der Waals surface area contributed by atoms with Gasteiger partial charge in [0, 0.05) is 0 Å². The maximum absolute atomic E-state index is 13.7. The number of hydrogen-bond donors (Lipinski definition) is 0. The SMILES string of the molecule is COc1cccc2c1Sc1c(F)c(F)c(F)c(F)c1O2. The Kier molecular flexibility index (Phi) is 3.01. The fraction of sp³-hybridized carbons (Fsp3) is 0.0769. The van der Waals surface area contributed by atoms with E-state index in [0.29, 0.717) is 10.6 Å². The summed E-state index contributed by atoms with van der Waals surface area (Å²) in [5.74, 6) is -6.91. The second kappa shape index (κ2) is 4.59. The molecule has 0 unspecified atom stereocenters. The molecule has 1 heterocycles. The van der Waals surface area contributed by atoms with Crippen molar-refractivity contribution >= 4 is 11.8 Å². The molecule has 0 saturated heterocycles. The molecular weight excluding hydrogens is 296 g/mol. The third-order valence-corrected chi connectivity index (χ3v) is 3.94. The molecule has 1 aliphatic heterocycles. The van der Waals surface area contributed by atoms with Gasteiger partial charge in [0.15, 0.2) is 17.4 Å². The van der Waals surface area contributed by atoms with E-state index in [4.69, 9.17) is 9.47 Å². The fourth-order valence-corrected chi connectivity index (χ4v) is 2.89. The average Bonchev–Trinajstić information content (AvgIpc) is 2.48. The Hall–Kier alpha value is -1.89. The van der Waals surface area contributed by atoms with Gasteiger partial charge in [0.1, 0.15) is 11.5 Å². The molecule has 2 aromatic rings. The fourth-order valence-electron chi connectivity index (χ4n) is 1.82. The summed E-state index contributed by atoms with van der Waals surface area (Å²) in [7, 11) is 1.40. The lowest BCUT2D eigenvalue weighted by molar-refractivity contribution is 0.343. The van der Waals surface area contributed by atoms with E-state index in [9.17, 15) is 17.6 Å². The molecule has 0 N–H and O–H groups in total. The maximum Gasteiger partial charge on any atom is 0.205 e. The van der Waals surface area contributed by atoms with Crippen LogP contribution in [0.3, 0.4) is 0 Å². The Morgan fingerprint density at radius 1 is 0.950 bits per heavy atom. The lowest BCUT2D eigenvalue weighted by atomic mass is 10.2. The number of methoxy groups -OCH3 is 1. The van der Waals surface area contributed by atoms with Gasteiger partial charge >= 0.3 is 0 Å². The van der Waals surface area contributed by atoms with Gasteiger partial charge < -0.3 is 9.47 Å². The van der Waals surface area contributed by atoms with Gasteiger partial charge in [0.05, 0.1) is 16.9 Å². The minimum Gasteiger partial charge on any atom is -0.495 e. The normalized spacial score (nSPS) is 12.4. The number of hydrogen-bond acceptors (Lipinski definition) is 3. The number of rotatable bonds is 1. The van der Waals surface area contributed by atoms with Crippen molar-refractivity contribution in [1.29, 1.82) is 0 Å². The predicted octanol–water partition coefficient (Wildman–Crippen LogP) is 4.51. The molecule has 2 aromatic carbocycles. The summed E-state index contributed by atoms with van der Waals surface area (Å²) in [4.78, 5) is -0.0785. The third kappa shape index (κ3) is 1.73. The second-order valence-electron chi connectivity index (χ2n) is 3.91. The average molecular weight is 302 g/mol. The van der Waals surface area contributed by atoms with Crippen LogP contribution in [0.2, 0.25) is 0 Å². The highest BCUT2D eigenvalue weighted by molar-refractivity contribution is 7.99. The van der Waals surface area contributed by atoms with Gasteiger partial charge in [0.2, 0.25) is 11.6 Å². The van der Waals surface area contributed by atoms with Gasteiger partial charge in [-0.05, 0) is 12.1 Å². The van der Waals surface area contributed by atoms with Crippen molar-refractivity contribution in [3.8, 4) is 17.2 Å². The van der Waals surface area contributed by atoms with Crippen LogP contribution in [0.25, 0.3) is 0 Å². The molecule has 0 fully saturated rings. The van der Waals surface area contributed by atoms with Crippen LogP contribution in [-0.2, 0) is 0 Å². The van der Waals surface area contributed by atoms with E-state index in [1.165, 1.54) is 13.2 Å². The molecule has 3 rings (SSSR count). The van der Waals surface area contributed by atoms with Crippen LogP contribution in [-0.4, -0.2) is 7.11 Å². The van der Waals surface area contributed by atoms with E-state index in [2.05, 4.69) is 0 Å². The van der Waals surface area contributed by atoms with Crippen molar-refractivity contribution < 1.29 is 27.0 Å². The minimum absolute atomic E-state index is 0.186. The molecule has 0 aromatic heterocycles. The van der Waals surface area contributed by atoms with Crippen LogP contribution in [0.4, 0.5) is 17.6 Å². The van der Waals surface area contributed by atoms with Gasteiger partial charge in [-0.3, -0.25) is 0 Å². The van der Waals surface area contributed by atoms with E-state index in [-0.39, 0.29) is 5.75 Å². The van der Waals surface area contributed by atoms with E-state index >= 15 is 0 Å². The van der Waals surface area contributed by atoms with Crippen LogP contribution < -0.4 is 9.47 Å². The number of halogens is 4. The minimum atomic E-state index is -1.90. The molecular formula is C13H6F4O2S. The molecule has 7 heteroatoms. The lowest BCUT2D eigenvalue weighted by Crippen LogP contribution is -2.06. The summed E-state index contributed by atoms with van der Waals surface area (Å²) in [5, 5.41) is 0. The summed E-state index contributed by atoms with van der Waals surface area (Å²) in [5.41, 5.74) is 0. The summed E-state index contributed by atoms with van der Waals surface area (Å²) < 4.78 is 64.0. The number of benzene rings is 2. The maximum atomic E-state index is 13.7. The standard InChI is InChI=1S/C13H6F4O2S/c1-18-5-3-2-4-6-12(5)20-13-10(17)8(15)7(14)9(16)11(13)19-6/h2-4H,1H3. The highest BCUT2D eigenvalue weighted by atomic mass is 32.2. The Bertz CT molecular complexity index is 718. The molecule has 0 radical (unpaired) electrons. The highest BCUT2D eigenvalue weighted by Gasteiger charge is 2.32. The quantitative estimate of drug-likeness (QED) is 0.374. The monoisotopic (exact) mass is 302 g/mol. The molecule has 20 heavy (non-hydrogen) atoms. The number of fused-ring (bicyclic) bond motifs is 2. The van der Waals surface area contributed by atoms with Crippen LogP contribution in [0, 0.1) is 23.3 Å². The smallest absolute Gasteiger partial charge is 0.205 e. The molecule has 104 valence electrons. The van der Waals surface area contributed by atoms with Crippen LogP contribution >= 0.6 is 11.8 Å². The molecule has 1 aliphatic rings. The van der Waals surface area contributed by atoms with E-state index in [1.807, 2.05) is 0 Å². The van der Waals surface area contributed by atoms with Crippen LogP contribution in [0.1, 0.15) is 0 Å².